The zero-order valence-corrected chi connectivity index (χ0v) is 16.1. The van der Waals surface area contributed by atoms with Crippen LogP contribution in [0.4, 0.5) is 11.4 Å². The van der Waals surface area contributed by atoms with Crippen molar-refractivity contribution in [3.63, 3.8) is 0 Å². The van der Waals surface area contributed by atoms with Gasteiger partial charge in [0.1, 0.15) is 23.2 Å². The smallest absolute Gasteiger partial charge is 0.354 e. The normalized spacial score (nSPS) is 11.5. The van der Waals surface area contributed by atoms with E-state index in [4.69, 9.17) is 4.74 Å². The average Bonchev–Trinajstić information content (AvgIpc) is 3.19. The molecule has 0 bridgehead atoms. The maximum absolute atomic E-state index is 12.6. The first-order valence-electron chi connectivity index (χ1n) is 8.86. The number of hydrogen-bond acceptors (Lipinski definition) is 6. The Bertz CT molecular complexity index is 1110. The second-order valence-electron chi connectivity index (χ2n) is 6.52. The summed E-state index contributed by atoms with van der Waals surface area (Å²) >= 11 is 0. The van der Waals surface area contributed by atoms with E-state index < -0.39 is 22.8 Å². The lowest BCUT2D eigenvalue weighted by molar-refractivity contribution is -0.384. The Morgan fingerprint density at radius 2 is 1.87 bits per heavy atom. The number of carbonyl (C=O) groups excluding carboxylic acids is 1. The number of ether oxygens (including phenoxy) is 1. The molecule has 3 aromatic rings. The maximum atomic E-state index is 12.6. The van der Waals surface area contributed by atoms with E-state index in [1.807, 2.05) is 19.1 Å². The molecule has 0 aliphatic rings. The number of nitro groups is 1. The van der Waals surface area contributed by atoms with Crippen LogP contribution in [0, 0.1) is 17.0 Å². The number of amides is 1. The molecule has 0 saturated heterocycles. The summed E-state index contributed by atoms with van der Waals surface area (Å²) in [7, 11) is 0. The highest BCUT2D eigenvalue weighted by molar-refractivity contribution is 5.95. The van der Waals surface area contributed by atoms with Crippen LogP contribution >= 0.6 is 0 Å². The van der Waals surface area contributed by atoms with Crippen LogP contribution in [-0.4, -0.2) is 31.7 Å². The summed E-state index contributed by atoms with van der Waals surface area (Å²) in [5.74, 6) is -1.17. The van der Waals surface area contributed by atoms with Gasteiger partial charge in [0.05, 0.1) is 16.7 Å². The molecule has 1 unspecified atom stereocenters. The van der Waals surface area contributed by atoms with Gasteiger partial charge >= 0.3 is 5.97 Å². The number of rotatable bonds is 7. The number of hydrogen-bond donors (Lipinski definition) is 2. The van der Waals surface area contributed by atoms with Crippen molar-refractivity contribution in [1.82, 2.24) is 9.78 Å². The minimum atomic E-state index is -1.23. The molecule has 0 aliphatic carbocycles. The molecule has 0 aliphatic heterocycles. The largest absolute Gasteiger partial charge is 0.477 e. The van der Waals surface area contributed by atoms with Gasteiger partial charge in [0.15, 0.2) is 0 Å². The van der Waals surface area contributed by atoms with Crippen molar-refractivity contribution in [2.45, 2.75) is 19.9 Å². The molecular formula is C20H18N4O6. The molecule has 0 fully saturated rings. The summed E-state index contributed by atoms with van der Waals surface area (Å²) in [6.45, 7) is 3.39. The van der Waals surface area contributed by atoms with Crippen LogP contribution in [-0.2, 0) is 4.79 Å². The van der Waals surface area contributed by atoms with Gasteiger partial charge in [0, 0.05) is 18.3 Å². The third-order valence-electron chi connectivity index (χ3n) is 4.26. The Labute approximate surface area is 170 Å². The van der Waals surface area contributed by atoms with Gasteiger partial charge in [0.2, 0.25) is 5.91 Å². The van der Waals surface area contributed by atoms with Gasteiger partial charge < -0.3 is 15.2 Å². The first kappa shape index (κ1) is 20.5. The second kappa shape index (κ2) is 8.43. The molecule has 154 valence electrons. The molecule has 1 aromatic heterocycles. The van der Waals surface area contributed by atoms with Gasteiger partial charge in [0.25, 0.3) is 5.69 Å². The summed E-state index contributed by atoms with van der Waals surface area (Å²) in [4.78, 5) is 34.5. The number of carboxylic acids is 1. The monoisotopic (exact) mass is 410 g/mol. The summed E-state index contributed by atoms with van der Waals surface area (Å²) < 4.78 is 6.73. The standard InChI is InChI=1S/C20H18N4O6/c1-12-3-5-16(6-4-12)30-17-10-14(9-15(11-17)24(28)29)22-19(25)13(2)23-18(20(26)27)7-8-21-23/h3-11,13H,1-2H3,(H,22,25)(H,26,27). The lowest BCUT2D eigenvalue weighted by Gasteiger charge is -2.15. The quantitative estimate of drug-likeness (QED) is 0.446. The molecule has 30 heavy (non-hydrogen) atoms. The SMILES string of the molecule is Cc1ccc(Oc2cc(NC(=O)C(C)n3nccc3C(=O)O)cc([N+](=O)[O-])c2)cc1. The van der Waals surface area contributed by atoms with Crippen molar-refractivity contribution < 1.29 is 24.4 Å². The van der Waals surface area contributed by atoms with E-state index in [0.29, 0.717) is 5.75 Å². The molecule has 2 aromatic carbocycles. The minimum absolute atomic E-state index is 0.132. The fourth-order valence-corrected chi connectivity index (χ4v) is 2.71. The van der Waals surface area contributed by atoms with Crippen molar-refractivity contribution in [3.8, 4) is 11.5 Å². The Balaban J connectivity index is 1.85. The van der Waals surface area contributed by atoms with E-state index in [2.05, 4.69) is 10.4 Å². The van der Waals surface area contributed by atoms with E-state index in [1.54, 1.807) is 12.1 Å². The van der Waals surface area contributed by atoms with Crippen molar-refractivity contribution in [3.05, 3.63) is 76.1 Å². The van der Waals surface area contributed by atoms with Crippen molar-refractivity contribution in [1.29, 1.82) is 0 Å². The number of aromatic carboxylic acids is 1. The van der Waals surface area contributed by atoms with E-state index in [9.17, 15) is 24.8 Å². The number of benzene rings is 2. The first-order chi connectivity index (χ1) is 14.2. The number of aromatic nitrogens is 2. The number of anilines is 1. The average molecular weight is 410 g/mol. The number of nitrogens with zero attached hydrogens (tertiary/aromatic N) is 3. The number of carbonyl (C=O) groups is 2. The molecule has 10 nitrogen and oxygen atoms in total. The van der Waals surface area contributed by atoms with Gasteiger partial charge in [-0.1, -0.05) is 17.7 Å². The van der Waals surface area contributed by atoms with E-state index in [1.165, 1.54) is 37.4 Å². The maximum Gasteiger partial charge on any atom is 0.354 e. The molecule has 1 amide bonds. The molecule has 0 radical (unpaired) electrons. The van der Waals surface area contributed by atoms with Crippen LogP contribution in [0.25, 0.3) is 0 Å². The third-order valence-corrected chi connectivity index (χ3v) is 4.26. The van der Waals surface area contributed by atoms with Gasteiger partial charge in [-0.2, -0.15) is 5.10 Å². The molecule has 2 N–H and O–H groups in total. The lowest BCUT2D eigenvalue weighted by Crippen LogP contribution is -2.26. The zero-order valence-electron chi connectivity index (χ0n) is 16.1. The molecule has 10 heteroatoms. The number of nitro benzene ring substituents is 1. The Morgan fingerprint density at radius 3 is 2.50 bits per heavy atom. The summed E-state index contributed by atoms with van der Waals surface area (Å²) in [6, 6.07) is 11.3. The van der Waals surface area contributed by atoms with Crippen LogP contribution in [0.15, 0.2) is 54.7 Å². The van der Waals surface area contributed by atoms with E-state index in [0.717, 1.165) is 10.2 Å². The Kier molecular flexibility index (Phi) is 5.77. The summed E-state index contributed by atoms with van der Waals surface area (Å²) in [6.07, 6.45) is 1.27. The van der Waals surface area contributed by atoms with Crippen molar-refractivity contribution >= 4 is 23.3 Å². The van der Waals surface area contributed by atoms with Gasteiger partial charge in [-0.25, -0.2) is 9.48 Å². The first-order valence-corrected chi connectivity index (χ1v) is 8.86. The summed E-state index contributed by atoms with van der Waals surface area (Å²) in [5.41, 5.74) is 0.739. The lowest BCUT2D eigenvalue weighted by atomic mass is 10.2. The molecule has 0 saturated carbocycles. The van der Waals surface area contributed by atoms with Crippen LogP contribution in [0.5, 0.6) is 11.5 Å². The Hall–Kier alpha value is -4.21. The molecule has 1 heterocycles. The van der Waals surface area contributed by atoms with Gasteiger partial charge in [-0.15, -0.1) is 0 Å². The van der Waals surface area contributed by atoms with Crippen LogP contribution in [0.3, 0.4) is 0 Å². The van der Waals surface area contributed by atoms with Crippen LogP contribution in [0.1, 0.15) is 29.0 Å². The summed E-state index contributed by atoms with van der Waals surface area (Å²) in [5, 5.41) is 26.9. The fraction of sp³-hybridized carbons (Fsp3) is 0.150. The highest BCUT2D eigenvalue weighted by atomic mass is 16.6. The molecule has 1 atom stereocenters. The van der Waals surface area contributed by atoms with E-state index >= 15 is 0 Å². The third kappa shape index (κ3) is 4.61. The fourth-order valence-electron chi connectivity index (χ4n) is 2.71. The van der Waals surface area contributed by atoms with E-state index in [-0.39, 0.29) is 22.8 Å². The number of non-ortho nitro benzene ring substituents is 1. The number of nitrogens with one attached hydrogen (secondary N) is 1. The topological polar surface area (TPSA) is 137 Å². The highest BCUT2D eigenvalue weighted by Gasteiger charge is 2.22. The molecular weight excluding hydrogens is 392 g/mol. The molecule has 0 spiro atoms. The van der Waals surface area contributed by atoms with Crippen LogP contribution < -0.4 is 10.1 Å². The predicted octanol–water partition coefficient (Wildman–Crippen LogP) is 3.79. The second-order valence-corrected chi connectivity index (χ2v) is 6.52. The number of aryl methyl sites for hydroxylation is 1. The molecule has 3 rings (SSSR count). The number of carboxylic acid groups (broad SMARTS) is 1. The van der Waals surface area contributed by atoms with Gasteiger partial charge in [-0.3, -0.25) is 14.9 Å². The zero-order chi connectivity index (χ0) is 21.8. The Morgan fingerprint density at radius 1 is 1.17 bits per heavy atom. The van der Waals surface area contributed by atoms with Crippen molar-refractivity contribution in [2.24, 2.45) is 0 Å². The van der Waals surface area contributed by atoms with Gasteiger partial charge in [-0.05, 0) is 32.0 Å². The van der Waals surface area contributed by atoms with Crippen LogP contribution in [0.2, 0.25) is 0 Å². The highest BCUT2D eigenvalue weighted by Crippen LogP contribution is 2.30. The minimum Gasteiger partial charge on any atom is -0.477 e. The van der Waals surface area contributed by atoms with Crippen molar-refractivity contribution in [2.75, 3.05) is 5.32 Å². The predicted molar refractivity (Wildman–Crippen MR) is 107 cm³/mol.